The molecular formula is C25H26ClN5O. The smallest absolute Gasteiger partial charge is 0.261 e. The Hall–Kier alpha value is -3.38. The number of anilines is 1. The molecule has 2 aromatic carbocycles. The molecule has 0 spiro atoms. The molecule has 164 valence electrons. The van der Waals surface area contributed by atoms with Gasteiger partial charge in [0.25, 0.3) is 5.91 Å². The summed E-state index contributed by atoms with van der Waals surface area (Å²) >= 11 is 6.59. The van der Waals surface area contributed by atoms with Gasteiger partial charge in [-0.2, -0.15) is 10.2 Å². The number of amides is 1. The number of carbonyl (C=O) groups is 1. The number of hydrogen-bond acceptors (Lipinski definition) is 3. The van der Waals surface area contributed by atoms with Gasteiger partial charge in [-0.1, -0.05) is 47.5 Å². The molecule has 0 aliphatic carbocycles. The van der Waals surface area contributed by atoms with Crippen LogP contribution < -0.4 is 5.32 Å². The van der Waals surface area contributed by atoms with Gasteiger partial charge in [-0.05, 0) is 63.4 Å². The van der Waals surface area contributed by atoms with Crippen molar-refractivity contribution in [3.8, 4) is 5.69 Å². The Labute approximate surface area is 192 Å². The second-order valence-corrected chi connectivity index (χ2v) is 8.64. The Bertz CT molecular complexity index is 1280. The van der Waals surface area contributed by atoms with Crippen LogP contribution in [0.5, 0.6) is 0 Å². The number of hydrogen-bond donors (Lipinski definition) is 1. The minimum absolute atomic E-state index is 0.312. The van der Waals surface area contributed by atoms with Crippen LogP contribution in [0, 0.1) is 34.6 Å². The van der Waals surface area contributed by atoms with Gasteiger partial charge in [0.1, 0.15) is 11.0 Å². The molecule has 4 aromatic rings. The Balaban J connectivity index is 1.63. The molecule has 7 heteroatoms. The number of rotatable bonds is 5. The van der Waals surface area contributed by atoms with Crippen LogP contribution in [0.1, 0.15) is 44.0 Å². The van der Waals surface area contributed by atoms with E-state index in [1.54, 1.807) is 16.3 Å². The van der Waals surface area contributed by atoms with E-state index in [9.17, 15) is 4.79 Å². The summed E-state index contributed by atoms with van der Waals surface area (Å²) in [7, 11) is 0. The zero-order chi connectivity index (χ0) is 23.0. The summed E-state index contributed by atoms with van der Waals surface area (Å²) in [5.74, 6) is 0.271. The molecule has 0 bridgehead atoms. The number of halogens is 1. The van der Waals surface area contributed by atoms with Crippen LogP contribution >= 0.6 is 11.6 Å². The Kier molecular flexibility index (Phi) is 5.89. The Morgan fingerprint density at radius 1 is 0.906 bits per heavy atom. The van der Waals surface area contributed by atoms with E-state index >= 15 is 0 Å². The highest BCUT2D eigenvalue weighted by Crippen LogP contribution is 2.24. The number of benzene rings is 2. The number of nitrogens with zero attached hydrogens (tertiary/aromatic N) is 4. The number of aryl methyl sites for hydroxylation is 5. The van der Waals surface area contributed by atoms with Crippen LogP contribution in [-0.2, 0) is 6.54 Å². The summed E-state index contributed by atoms with van der Waals surface area (Å²) in [5.41, 5.74) is 7.14. The van der Waals surface area contributed by atoms with Crippen molar-refractivity contribution in [2.24, 2.45) is 0 Å². The molecule has 1 amide bonds. The molecule has 0 atom stereocenters. The zero-order valence-electron chi connectivity index (χ0n) is 18.9. The molecule has 0 unspecified atom stereocenters. The molecule has 0 radical (unpaired) electrons. The highest BCUT2D eigenvalue weighted by atomic mass is 35.5. The van der Waals surface area contributed by atoms with Crippen molar-refractivity contribution in [1.29, 1.82) is 0 Å². The lowest BCUT2D eigenvalue weighted by atomic mass is 10.1. The van der Waals surface area contributed by atoms with E-state index in [1.807, 2.05) is 70.2 Å². The van der Waals surface area contributed by atoms with Crippen molar-refractivity contribution in [2.75, 3.05) is 5.32 Å². The van der Waals surface area contributed by atoms with Crippen LogP contribution in [0.25, 0.3) is 5.69 Å². The van der Waals surface area contributed by atoms with Gasteiger partial charge in [0, 0.05) is 6.07 Å². The van der Waals surface area contributed by atoms with Crippen molar-refractivity contribution < 1.29 is 4.79 Å². The van der Waals surface area contributed by atoms with Gasteiger partial charge in [0.05, 0.1) is 29.2 Å². The lowest BCUT2D eigenvalue weighted by Gasteiger charge is -2.11. The maximum Gasteiger partial charge on any atom is 0.261 e. The monoisotopic (exact) mass is 447 g/mol. The van der Waals surface area contributed by atoms with E-state index in [4.69, 9.17) is 11.6 Å². The minimum Gasteiger partial charge on any atom is -0.306 e. The predicted molar refractivity (Wildman–Crippen MR) is 128 cm³/mol. The largest absolute Gasteiger partial charge is 0.306 e. The first-order valence-corrected chi connectivity index (χ1v) is 10.8. The average molecular weight is 448 g/mol. The molecule has 0 saturated heterocycles. The Morgan fingerprint density at radius 3 is 2.22 bits per heavy atom. The maximum absolute atomic E-state index is 13.2. The maximum atomic E-state index is 13.2. The summed E-state index contributed by atoms with van der Waals surface area (Å²) in [5, 5.41) is 12.4. The van der Waals surface area contributed by atoms with E-state index in [1.165, 1.54) is 5.56 Å². The molecule has 6 nitrogen and oxygen atoms in total. The molecular weight excluding hydrogens is 422 g/mol. The van der Waals surface area contributed by atoms with Gasteiger partial charge in [0.2, 0.25) is 0 Å². The standard InChI is InChI=1S/C25H26ClN5O/c1-15-6-8-20(9-7-15)14-30-24(26)23(19(5)29-30)25(32)27-22-13-18(4)28-31(22)21-11-16(2)10-17(3)12-21/h6-13H,14H2,1-5H3,(H,27,32). The van der Waals surface area contributed by atoms with Crippen LogP contribution in [0.2, 0.25) is 5.15 Å². The van der Waals surface area contributed by atoms with Crippen LogP contribution in [0.15, 0.2) is 48.5 Å². The first-order valence-electron chi connectivity index (χ1n) is 10.5. The van der Waals surface area contributed by atoms with E-state index in [2.05, 4.69) is 21.6 Å². The van der Waals surface area contributed by atoms with E-state index < -0.39 is 0 Å². The second-order valence-electron chi connectivity index (χ2n) is 8.28. The van der Waals surface area contributed by atoms with E-state index in [-0.39, 0.29) is 5.91 Å². The SMILES string of the molecule is Cc1ccc(Cn2nc(C)c(C(=O)Nc3cc(C)nn3-c3cc(C)cc(C)c3)c2Cl)cc1. The number of aromatic nitrogens is 4. The summed E-state index contributed by atoms with van der Waals surface area (Å²) in [6.07, 6.45) is 0. The van der Waals surface area contributed by atoms with Crippen LogP contribution in [0.3, 0.4) is 0 Å². The summed E-state index contributed by atoms with van der Waals surface area (Å²) in [4.78, 5) is 13.2. The first kappa shape index (κ1) is 21.8. The van der Waals surface area contributed by atoms with Crippen molar-refractivity contribution >= 4 is 23.3 Å². The van der Waals surface area contributed by atoms with Crippen molar-refractivity contribution in [3.63, 3.8) is 0 Å². The van der Waals surface area contributed by atoms with Crippen molar-refractivity contribution in [1.82, 2.24) is 19.6 Å². The highest BCUT2D eigenvalue weighted by Gasteiger charge is 2.22. The molecule has 0 saturated carbocycles. The Morgan fingerprint density at radius 2 is 1.56 bits per heavy atom. The fourth-order valence-corrected chi connectivity index (χ4v) is 4.14. The lowest BCUT2D eigenvalue weighted by molar-refractivity contribution is 0.102. The van der Waals surface area contributed by atoms with Crippen LogP contribution in [-0.4, -0.2) is 25.5 Å². The molecule has 2 heterocycles. The molecule has 0 fully saturated rings. The zero-order valence-corrected chi connectivity index (χ0v) is 19.7. The number of nitrogens with one attached hydrogen (secondary N) is 1. The third-order valence-corrected chi connectivity index (χ3v) is 5.65. The third kappa shape index (κ3) is 4.46. The third-order valence-electron chi connectivity index (χ3n) is 5.27. The van der Waals surface area contributed by atoms with Gasteiger partial charge in [0.15, 0.2) is 0 Å². The van der Waals surface area contributed by atoms with Crippen molar-refractivity contribution in [2.45, 2.75) is 41.2 Å². The molecule has 0 aliphatic heterocycles. The van der Waals surface area contributed by atoms with Crippen molar-refractivity contribution in [3.05, 3.63) is 92.9 Å². The van der Waals surface area contributed by atoms with Gasteiger partial charge >= 0.3 is 0 Å². The van der Waals surface area contributed by atoms with Gasteiger partial charge in [-0.25, -0.2) is 9.36 Å². The fraction of sp³-hybridized carbons (Fsp3) is 0.240. The molecule has 4 rings (SSSR count). The van der Waals surface area contributed by atoms with Gasteiger partial charge in [-0.15, -0.1) is 0 Å². The predicted octanol–water partition coefficient (Wildman–Crippen LogP) is 5.56. The van der Waals surface area contributed by atoms with Gasteiger partial charge in [-0.3, -0.25) is 4.79 Å². The normalized spacial score (nSPS) is 11.1. The molecule has 2 aromatic heterocycles. The highest BCUT2D eigenvalue weighted by molar-refractivity contribution is 6.33. The topological polar surface area (TPSA) is 64.7 Å². The average Bonchev–Trinajstić information content (AvgIpc) is 3.21. The lowest BCUT2D eigenvalue weighted by Crippen LogP contribution is -2.16. The van der Waals surface area contributed by atoms with Gasteiger partial charge < -0.3 is 5.32 Å². The first-order chi connectivity index (χ1) is 15.2. The van der Waals surface area contributed by atoms with E-state index in [0.717, 1.165) is 28.1 Å². The summed E-state index contributed by atoms with van der Waals surface area (Å²) < 4.78 is 3.40. The summed E-state index contributed by atoms with van der Waals surface area (Å²) in [6, 6.07) is 16.2. The second kappa shape index (κ2) is 8.63. The summed E-state index contributed by atoms with van der Waals surface area (Å²) in [6.45, 7) is 10.3. The molecule has 1 N–H and O–H groups in total. The van der Waals surface area contributed by atoms with E-state index in [0.29, 0.717) is 28.8 Å². The molecule has 32 heavy (non-hydrogen) atoms. The molecule has 0 aliphatic rings. The number of carbonyl (C=O) groups excluding carboxylic acids is 1. The fourth-order valence-electron chi connectivity index (χ4n) is 3.82. The quantitative estimate of drug-likeness (QED) is 0.435. The van der Waals surface area contributed by atoms with Crippen LogP contribution in [0.4, 0.5) is 5.82 Å². The minimum atomic E-state index is -0.312.